The number of halogens is 3. The number of aromatic amines is 1. The van der Waals surface area contributed by atoms with Crippen LogP contribution in [0.15, 0.2) is 24.5 Å². The smallest absolute Gasteiger partial charge is 0.419 e. The molecule has 34 heavy (non-hydrogen) atoms. The Balaban J connectivity index is 1.97. The molecule has 0 spiro atoms. The van der Waals surface area contributed by atoms with Crippen molar-refractivity contribution < 1.29 is 27.3 Å². The second-order valence-corrected chi connectivity index (χ2v) is 11.9. The van der Waals surface area contributed by atoms with Crippen LogP contribution in [-0.2, 0) is 15.5 Å². The molecule has 0 unspecified atom stereocenters. The SMILES string of the molecule is COC(=O)c1cc(-c2nc(N[C@H]3CC[C@H](N)C3)ncc2C(F)(F)F)c2cc[nH]c2c1P(C)(C)=O. The van der Waals surface area contributed by atoms with Crippen LogP contribution in [0, 0.1) is 0 Å². The van der Waals surface area contributed by atoms with Gasteiger partial charge in [-0.3, -0.25) is 0 Å². The van der Waals surface area contributed by atoms with Gasteiger partial charge in [0.2, 0.25) is 5.95 Å². The third-order valence-corrected chi connectivity index (χ3v) is 7.46. The quantitative estimate of drug-likeness (QED) is 0.362. The first-order chi connectivity index (χ1) is 15.9. The molecule has 0 bridgehead atoms. The van der Waals surface area contributed by atoms with E-state index in [1.807, 2.05) is 0 Å². The van der Waals surface area contributed by atoms with Crippen molar-refractivity contribution in [1.82, 2.24) is 15.0 Å². The molecule has 1 aliphatic rings. The van der Waals surface area contributed by atoms with Crippen molar-refractivity contribution in [3.63, 3.8) is 0 Å². The van der Waals surface area contributed by atoms with E-state index in [4.69, 9.17) is 10.5 Å². The standard InChI is InChI=1S/C22H25F3N5O3P/c1-33-20(31)15-9-14(13-6-7-27-18(13)19(15)34(2,3)32)17-16(22(23,24)25)10-28-21(30-17)29-12-5-4-11(26)8-12/h6-7,9-12,27H,4-5,8,26H2,1-3H3,(H,28,29,30)/t11-,12-/m0/s1. The lowest BCUT2D eigenvalue weighted by Gasteiger charge is -2.19. The summed E-state index contributed by atoms with van der Waals surface area (Å²) in [7, 11) is -1.88. The lowest BCUT2D eigenvalue weighted by atomic mass is 9.99. The van der Waals surface area contributed by atoms with Crippen molar-refractivity contribution in [1.29, 1.82) is 0 Å². The molecule has 2 atom stereocenters. The van der Waals surface area contributed by atoms with E-state index in [1.54, 1.807) is 6.07 Å². The molecule has 12 heteroatoms. The number of aromatic nitrogens is 3. The molecule has 1 saturated carbocycles. The number of ether oxygens (including phenoxy) is 1. The highest BCUT2D eigenvalue weighted by Crippen LogP contribution is 2.44. The Morgan fingerprint density at radius 1 is 1.32 bits per heavy atom. The number of fused-ring (bicyclic) bond motifs is 1. The summed E-state index contributed by atoms with van der Waals surface area (Å²) in [6.07, 6.45) is -0.290. The summed E-state index contributed by atoms with van der Waals surface area (Å²) in [6.45, 7) is 2.96. The minimum Gasteiger partial charge on any atom is -0.465 e. The second-order valence-electron chi connectivity index (χ2n) is 8.80. The third-order valence-electron chi connectivity index (χ3n) is 5.92. The van der Waals surface area contributed by atoms with Gasteiger partial charge >= 0.3 is 12.1 Å². The van der Waals surface area contributed by atoms with Crippen molar-refractivity contribution in [3.8, 4) is 11.3 Å². The minimum atomic E-state index is -4.75. The maximum absolute atomic E-state index is 14.0. The Morgan fingerprint density at radius 3 is 2.65 bits per heavy atom. The molecule has 0 radical (unpaired) electrons. The number of anilines is 1. The fourth-order valence-corrected chi connectivity index (χ4v) is 5.89. The van der Waals surface area contributed by atoms with E-state index in [-0.39, 0.29) is 34.5 Å². The number of carbonyl (C=O) groups is 1. The number of H-pyrrole nitrogens is 1. The average Bonchev–Trinajstić information content (AvgIpc) is 3.39. The molecule has 8 nitrogen and oxygen atoms in total. The van der Waals surface area contributed by atoms with Crippen LogP contribution >= 0.6 is 7.14 Å². The van der Waals surface area contributed by atoms with Crippen LogP contribution in [0.5, 0.6) is 0 Å². The topological polar surface area (TPSA) is 123 Å². The Hall–Kier alpha value is -2.91. The summed E-state index contributed by atoms with van der Waals surface area (Å²) in [5.74, 6) is -0.774. The van der Waals surface area contributed by atoms with Crippen LogP contribution in [0.25, 0.3) is 22.2 Å². The molecule has 2 heterocycles. The second kappa shape index (κ2) is 8.70. The molecule has 1 aliphatic carbocycles. The van der Waals surface area contributed by atoms with E-state index in [0.717, 1.165) is 26.1 Å². The summed E-state index contributed by atoms with van der Waals surface area (Å²) < 4.78 is 59.9. The highest BCUT2D eigenvalue weighted by molar-refractivity contribution is 7.70. The Labute approximate surface area is 193 Å². The average molecular weight is 495 g/mol. The Kier molecular flexibility index (Phi) is 6.20. The number of nitrogens with two attached hydrogens (primary N) is 1. The fraction of sp³-hybridized carbons (Fsp3) is 0.409. The zero-order chi connectivity index (χ0) is 24.8. The van der Waals surface area contributed by atoms with Crippen LogP contribution < -0.4 is 16.4 Å². The van der Waals surface area contributed by atoms with E-state index >= 15 is 0 Å². The number of hydrogen-bond donors (Lipinski definition) is 3. The first kappa shape index (κ1) is 24.2. The monoisotopic (exact) mass is 495 g/mol. The molecule has 0 amide bonds. The zero-order valence-electron chi connectivity index (χ0n) is 18.9. The predicted molar refractivity (Wildman–Crippen MR) is 124 cm³/mol. The highest BCUT2D eigenvalue weighted by Gasteiger charge is 2.37. The summed E-state index contributed by atoms with van der Waals surface area (Å²) in [5.41, 5.74) is 4.76. The molecule has 182 valence electrons. The van der Waals surface area contributed by atoms with E-state index in [1.165, 1.54) is 25.6 Å². The van der Waals surface area contributed by atoms with E-state index in [2.05, 4.69) is 20.3 Å². The lowest BCUT2D eigenvalue weighted by molar-refractivity contribution is -0.137. The molecule has 0 saturated heterocycles. The fourth-order valence-electron chi connectivity index (χ4n) is 4.43. The molecular formula is C22H25F3N5O3P. The molecule has 4 N–H and O–H groups in total. The van der Waals surface area contributed by atoms with Gasteiger partial charge in [0.15, 0.2) is 0 Å². The molecule has 2 aromatic heterocycles. The van der Waals surface area contributed by atoms with Crippen molar-refractivity contribution >= 4 is 35.3 Å². The number of carbonyl (C=O) groups excluding carboxylic acids is 1. The van der Waals surface area contributed by atoms with Crippen molar-refractivity contribution in [2.75, 3.05) is 25.8 Å². The number of nitrogens with one attached hydrogen (secondary N) is 2. The van der Waals surface area contributed by atoms with Gasteiger partial charge in [0.25, 0.3) is 0 Å². The molecular weight excluding hydrogens is 470 g/mol. The van der Waals surface area contributed by atoms with E-state index in [9.17, 15) is 22.5 Å². The van der Waals surface area contributed by atoms with Crippen molar-refractivity contribution in [2.45, 2.75) is 37.5 Å². The molecule has 1 fully saturated rings. The van der Waals surface area contributed by atoms with Gasteiger partial charge < -0.3 is 25.3 Å². The van der Waals surface area contributed by atoms with Gasteiger partial charge in [-0.25, -0.2) is 14.8 Å². The molecule has 0 aliphatic heterocycles. The first-order valence-corrected chi connectivity index (χ1v) is 13.2. The highest BCUT2D eigenvalue weighted by atomic mass is 31.2. The zero-order valence-corrected chi connectivity index (χ0v) is 19.8. The Bertz CT molecular complexity index is 1300. The number of methoxy groups -OCH3 is 1. The van der Waals surface area contributed by atoms with Gasteiger partial charge in [-0.2, -0.15) is 13.2 Å². The Morgan fingerprint density at radius 2 is 2.06 bits per heavy atom. The molecule has 3 aromatic rings. The largest absolute Gasteiger partial charge is 0.465 e. The van der Waals surface area contributed by atoms with Crippen LogP contribution in [0.3, 0.4) is 0 Å². The maximum Gasteiger partial charge on any atom is 0.419 e. The first-order valence-electron chi connectivity index (χ1n) is 10.6. The number of hydrogen-bond acceptors (Lipinski definition) is 7. The van der Waals surface area contributed by atoms with E-state index < -0.39 is 30.5 Å². The van der Waals surface area contributed by atoms with Gasteiger partial charge in [-0.15, -0.1) is 0 Å². The summed E-state index contributed by atoms with van der Waals surface area (Å²) >= 11 is 0. The summed E-state index contributed by atoms with van der Waals surface area (Å²) in [5, 5.41) is 3.64. The maximum atomic E-state index is 14.0. The predicted octanol–water partition coefficient (Wildman–Crippen LogP) is 3.97. The number of nitrogens with zero attached hydrogens (tertiary/aromatic N) is 2. The van der Waals surface area contributed by atoms with Gasteiger partial charge in [0, 0.05) is 40.7 Å². The van der Waals surface area contributed by atoms with Crippen molar-refractivity contribution in [3.05, 3.63) is 35.7 Å². The number of alkyl halides is 3. The van der Waals surface area contributed by atoms with E-state index in [0.29, 0.717) is 17.3 Å². The minimum absolute atomic E-state index is 0.0137. The van der Waals surface area contributed by atoms with Gasteiger partial charge in [-0.05, 0) is 44.7 Å². The van der Waals surface area contributed by atoms with Gasteiger partial charge in [0.05, 0.1) is 23.9 Å². The summed E-state index contributed by atoms with van der Waals surface area (Å²) in [6, 6.07) is 2.80. The number of rotatable bonds is 5. The lowest BCUT2D eigenvalue weighted by Crippen LogP contribution is -2.22. The van der Waals surface area contributed by atoms with Crippen LogP contribution in [0.4, 0.5) is 19.1 Å². The van der Waals surface area contributed by atoms with Crippen LogP contribution in [0.2, 0.25) is 0 Å². The van der Waals surface area contributed by atoms with Crippen LogP contribution in [0.1, 0.15) is 35.2 Å². The molecule has 4 rings (SSSR count). The van der Waals surface area contributed by atoms with Crippen LogP contribution in [-0.4, -0.2) is 53.4 Å². The van der Waals surface area contributed by atoms with Crippen molar-refractivity contribution in [2.24, 2.45) is 5.73 Å². The third kappa shape index (κ3) is 4.54. The normalized spacial score (nSPS) is 18.9. The molecule has 1 aromatic carbocycles. The number of esters is 1. The van der Waals surface area contributed by atoms with Gasteiger partial charge in [-0.1, -0.05) is 0 Å². The summed E-state index contributed by atoms with van der Waals surface area (Å²) in [4.78, 5) is 23.6. The number of benzene rings is 1. The van der Waals surface area contributed by atoms with Gasteiger partial charge in [0.1, 0.15) is 12.7 Å².